The van der Waals surface area contributed by atoms with E-state index in [1.54, 1.807) is 25.1 Å². The number of methoxy groups -OCH3 is 1. The second kappa shape index (κ2) is 11.6. The lowest BCUT2D eigenvalue weighted by Gasteiger charge is -2.29. The number of carbonyl (C=O) groups is 2. The van der Waals surface area contributed by atoms with Crippen LogP contribution in [0.5, 0.6) is 5.75 Å². The van der Waals surface area contributed by atoms with Gasteiger partial charge in [0.25, 0.3) is 10.0 Å². The fourth-order valence-electron chi connectivity index (χ4n) is 5.16. The average molecular weight is 562 g/mol. The van der Waals surface area contributed by atoms with Crippen LogP contribution in [-0.2, 0) is 19.6 Å². The van der Waals surface area contributed by atoms with E-state index in [2.05, 4.69) is 0 Å². The van der Waals surface area contributed by atoms with Crippen LogP contribution in [0.3, 0.4) is 0 Å². The highest BCUT2D eigenvalue weighted by Gasteiger charge is 2.37. The van der Waals surface area contributed by atoms with Crippen LogP contribution < -0.4 is 9.04 Å². The van der Waals surface area contributed by atoms with Gasteiger partial charge in [-0.1, -0.05) is 49.6 Å². The minimum atomic E-state index is -4.30. The second-order valence-electron chi connectivity index (χ2n) is 9.69. The number of fused-ring (bicyclic) bond motifs is 1. The van der Waals surface area contributed by atoms with E-state index in [0.29, 0.717) is 40.9 Å². The first kappa shape index (κ1) is 27.5. The molecule has 1 saturated carbocycles. The third-order valence-electron chi connectivity index (χ3n) is 7.17. The Morgan fingerprint density at radius 2 is 1.65 bits per heavy atom. The number of hydrogen-bond donors (Lipinski definition) is 0. The summed E-state index contributed by atoms with van der Waals surface area (Å²) in [6, 6.07) is 19.7. The fourth-order valence-corrected chi connectivity index (χ4v) is 6.63. The normalized spacial score (nSPS) is 14.2. The summed E-state index contributed by atoms with van der Waals surface area (Å²) in [5.74, 6) is -0.697. The summed E-state index contributed by atoms with van der Waals surface area (Å²) in [4.78, 5) is 27.1. The summed E-state index contributed by atoms with van der Waals surface area (Å²) in [5.41, 5.74) is 1.35. The van der Waals surface area contributed by atoms with Crippen LogP contribution in [0.15, 0.2) is 82.1 Å². The first-order valence-corrected chi connectivity index (χ1v) is 14.8. The molecule has 1 aromatic heterocycles. The summed E-state index contributed by atoms with van der Waals surface area (Å²) < 4.78 is 45.6. The number of sulfonamides is 1. The van der Waals surface area contributed by atoms with E-state index >= 15 is 0 Å². The molecule has 1 aliphatic carbocycles. The molecule has 208 valence electrons. The molecule has 1 fully saturated rings. The van der Waals surface area contributed by atoms with E-state index in [0.717, 1.165) is 23.6 Å². The van der Waals surface area contributed by atoms with Crippen LogP contribution in [0.4, 0.5) is 5.69 Å². The Kier molecular flexibility index (Phi) is 7.93. The Morgan fingerprint density at radius 3 is 2.30 bits per heavy atom. The van der Waals surface area contributed by atoms with E-state index in [1.807, 2.05) is 30.3 Å². The van der Waals surface area contributed by atoms with Gasteiger partial charge in [-0.3, -0.25) is 4.79 Å². The van der Waals surface area contributed by atoms with Crippen molar-refractivity contribution >= 4 is 38.6 Å². The minimum Gasteiger partial charge on any atom is -0.497 e. The van der Waals surface area contributed by atoms with E-state index < -0.39 is 27.8 Å². The number of hydrogen-bond acceptors (Lipinski definition) is 7. The minimum absolute atomic E-state index is 0.0414. The molecule has 0 atom stereocenters. The summed E-state index contributed by atoms with van der Waals surface area (Å²) in [5, 5.41) is 0.362. The topological polar surface area (TPSA) is 103 Å². The molecule has 1 aliphatic rings. The smallest absolute Gasteiger partial charge is 0.342 e. The Hall–Kier alpha value is -4.11. The molecule has 0 saturated heterocycles. The number of anilines is 1. The molecule has 5 rings (SSSR count). The largest absolute Gasteiger partial charge is 0.497 e. The van der Waals surface area contributed by atoms with Gasteiger partial charge in [0, 0.05) is 16.9 Å². The third kappa shape index (κ3) is 5.21. The molecule has 0 radical (unpaired) electrons. The van der Waals surface area contributed by atoms with Crippen molar-refractivity contribution in [2.45, 2.75) is 43.9 Å². The van der Waals surface area contributed by atoms with Crippen LogP contribution in [0.2, 0.25) is 0 Å². The molecule has 3 aromatic carbocycles. The van der Waals surface area contributed by atoms with Gasteiger partial charge in [0.15, 0.2) is 0 Å². The standard InChI is InChI=1S/C31H31NO7S/c1-3-38-31(34)28-26-20-23(14-19-27(26)39-29(28)21-10-6-4-7-11-21)32(30(33)22-12-8-5-9-13-22)40(35,36)25-17-15-24(37-2)16-18-25/h4,6-7,10-11,14-20,22H,3,5,8-9,12-13H2,1-2H3. The number of ether oxygens (including phenoxy) is 2. The summed E-state index contributed by atoms with van der Waals surface area (Å²) in [6.45, 7) is 1.86. The molecule has 0 bridgehead atoms. The van der Waals surface area contributed by atoms with Crippen LogP contribution in [0, 0.1) is 5.92 Å². The summed E-state index contributed by atoms with van der Waals surface area (Å²) >= 11 is 0. The summed E-state index contributed by atoms with van der Waals surface area (Å²) in [6.07, 6.45) is 3.98. The van der Waals surface area contributed by atoms with Crippen molar-refractivity contribution < 1.29 is 31.9 Å². The van der Waals surface area contributed by atoms with Crippen LogP contribution in [0.1, 0.15) is 49.4 Å². The highest BCUT2D eigenvalue weighted by Crippen LogP contribution is 2.38. The maximum Gasteiger partial charge on any atom is 0.342 e. The number of esters is 1. The highest BCUT2D eigenvalue weighted by atomic mass is 32.2. The molecular weight excluding hydrogens is 530 g/mol. The van der Waals surface area contributed by atoms with Crippen LogP contribution in [0.25, 0.3) is 22.3 Å². The van der Waals surface area contributed by atoms with Gasteiger partial charge in [0.1, 0.15) is 22.7 Å². The van der Waals surface area contributed by atoms with Crippen molar-refractivity contribution in [3.63, 3.8) is 0 Å². The van der Waals surface area contributed by atoms with Crippen molar-refractivity contribution in [3.8, 4) is 17.1 Å². The third-order valence-corrected chi connectivity index (χ3v) is 8.91. The van der Waals surface area contributed by atoms with Crippen molar-refractivity contribution in [2.24, 2.45) is 5.92 Å². The zero-order chi connectivity index (χ0) is 28.3. The Bertz CT molecular complexity index is 1620. The van der Waals surface area contributed by atoms with Gasteiger partial charge in [-0.15, -0.1) is 0 Å². The lowest BCUT2D eigenvalue weighted by atomic mass is 9.88. The van der Waals surface area contributed by atoms with Crippen LogP contribution in [-0.4, -0.2) is 34.0 Å². The predicted octanol–water partition coefficient (Wildman–Crippen LogP) is 6.59. The SMILES string of the molecule is CCOC(=O)c1c(-c2ccccc2)oc2ccc(N(C(=O)C3CCCCC3)S(=O)(=O)c3ccc(OC)cc3)cc12. The van der Waals surface area contributed by atoms with Gasteiger partial charge in [-0.05, 0) is 62.2 Å². The molecule has 8 nitrogen and oxygen atoms in total. The molecule has 0 unspecified atom stereocenters. The van der Waals surface area contributed by atoms with Gasteiger partial charge >= 0.3 is 5.97 Å². The number of furan rings is 1. The van der Waals surface area contributed by atoms with E-state index in [-0.39, 0.29) is 22.8 Å². The zero-order valence-electron chi connectivity index (χ0n) is 22.5. The summed E-state index contributed by atoms with van der Waals surface area (Å²) in [7, 11) is -2.81. The number of carbonyl (C=O) groups excluding carboxylic acids is 2. The molecule has 1 amide bonds. The van der Waals surface area contributed by atoms with Gasteiger partial charge in [-0.25, -0.2) is 17.5 Å². The van der Waals surface area contributed by atoms with E-state index in [9.17, 15) is 18.0 Å². The maximum atomic E-state index is 14.0. The van der Waals surface area contributed by atoms with E-state index in [4.69, 9.17) is 13.9 Å². The lowest BCUT2D eigenvalue weighted by Crippen LogP contribution is -2.41. The highest BCUT2D eigenvalue weighted by molar-refractivity contribution is 7.93. The first-order valence-electron chi connectivity index (χ1n) is 13.4. The van der Waals surface area contributed by atoms with Crippen LogP contribution >= 0.6 is 0 Å². The Balaban J connectivity index is 1.69. The average Bonchev–Trinajstić information content (AvgIpc) is 3.37. The van der Waals surface area contributed by atoms with Gasteiger partial charge in [-0.2, -0.15) is 0 Å². The number of rotatable bonds is 8. The lowest BCUT2D eigenvalue weighted by molar-refractivity contribution is -0.122. The molecule has 9 heteroatoms. The van der Waals surface area contributed by atoms with Crippen molar-refractivity contribution in [1.29, 1.82) is 0 Å². The Labute approximate surface area is 233 Å². The monoisotopic (exact) mass is 561 g/mol. The molecule has 0 N–H and O–H groups in total. The quantitative estimate of drug-likeness (QED) is 0.224. The first-order chi connectivity index (χ1) is 19.3. The predicted molar refractivity (Wildman–Crippen MR) is 152 cm³/mol. The molecule has 4 aromatic rings. The number of benzene rings is 3. The van der Waals surface area contributed by atoms with Crippen molar-refractivity contribution in [3.05, 3.63) is 78.4 Å². The maximum absolute atomic E-state index is 14.0. The zero-order valence-corrected chi connectivity index (χ0v) is 23.3. The van der Waals surface area contributed by atoms with Gasteiger partial charge in [0.05, 0.1) is 24.3 Å². The molecule has 1 heterocycles. The van der Waals surface area contributed by atoms with Crippen molar-refractivity contribution in [2.75, 3.05) is 18.0 Å². The number of nitrogens with zero attached hydrogens (tertiary/aromatic N) is 1. The molecule has 0 spiro atoms. The van der Waals surface area contributed by atoms with Crippen molar-refractivity contribution in [1.82, 2.24) is 0 Å². The molecule has 0 aliphatic heterocycles. The fraction of sp³-hybridized carbons (Fsp3) is 0.290. The van der Waals surface area contributed by atoms with E-state index in [1.165, 1.54) is 31.4 Å². The van der Waals surface area contributed by atoms with Gasteiger partial charge < -0.3 is 13.9 Å². The Morgan fingerprint density at radius 1 is 0.950 bits per heavy atom. The molecular formula is C31H31NO7S. The number of amides is 1. The van der Waals surface area contributed by atoms with Gasteiger partial charge in [0.2, 0.25) is 5.91 Å². The molecule has 40 heavy (non-hydrogen) atoms. The second-order valence-corrected chi connectivity index (χ2v) is 11.5.